The summed E-state index contributed by atoms with van der Waals surface area (Å²) in [4.78, 5) is 11.7. The molecule has 38 heavy (non-hydrogen) atoms. The van der Waals surface area contributed by atoms with Crippen molar-refractivity contribution in [3.05, 3.63) is 24.3 Å². The number of carbonyl (C=O) groups excluding carboxylic acids is 1. The van der Waals surface area contributed by atoms with Gasteiger partial charge in [0.25, 0.3) is 0 Å². The molecule has 0 unspecified atom stereocenters. The van der Waals surface area contributed by atoms with E-state index < -0.39 is 6.16 Å². The molecule has 0 atom stereocenters. The molecule has 0 fully saturated rings. The van der Waals surface area contributed by atoms with Crippen molar-refractivity contribution >= 4 is 6.16 Å². The summed E-state index contributed by atoms with van der Waals surface area (Å²) in [5.41, 5.74) is 0. The van der Waals surface area contributed by atoms with Crippen LogP contribution in [0.2, 0.25) is 0 Å². The standard InChI is InChI=1S/C35H66O3/c1-3-5-7-9-11-13-15-17-19-20-22-24-26-28-30-32-34-38-35(36)37-33-31-29-27-25-23-21-18-16-14-12-10-8-6-4-2/h14,16-17,19H,3-13,15,18,20-34H2,1-2H3/b16-14-,19-17-. The fourth-order valence-electron chi connectivity index (χ4n) is 4.70. The molecule has 0 amide bonds. The molecule has 0 N–H and O–H groups in total. The molecule has 3 heteroatoms. The smallest absolute Gasteiger partial charge is 0.434 e. The second-order valence-corrected chi connectivity index (χ2v) is 11.1. The van der Waals surface area contributed by atoms with E-state index >= 15 is 0 Å². The molecule has 0 aromatic carbocycles. The van der Waals surface area contributed by atoms with E-state index in [2.05, 4.69) is 38.2 Å². The molecule has 0 heterocycles. The van der Waals surface area contributed by atoms with Gasteiger partial charge in [-0.3, -0.25) is 0 Å². The van der Waals surface area contributed by atoms with E-state index in [0.717, 1.165) is 25.7 Å². The third-order valence-electron chi connectivity index (χ3n) is 7.25. The summed E-state index contributed by atoms with van der Waals surface area (Å²) in [5, 5.41) is 0. The second-order valence-electron chi connectivity index (χ2n) is 11.1. The Morgan fingerprint density at radius 2 is 0.658 bits per heavy atom. The highest BCUT2D eigenvalue weighted by molar-refractivity contribution is 5.59. The van der Waals surface area contributed by atoms with Crippen LogP contribution in [0.5, 0.6) is 0 Å². The minimum Gasteiger partial charge on any atom is -0.434 e. The van der Waals surface area contributed by atoms with E-state index in [1.54, 1.807) is 0 Å². The van der Waals surface area contributed by atoms with Crippen LogP contribution in [0, 0.1) is 0 Å². The molecule has 0 saturated carbocycles. The Morgan fingerprint density at radius 3 is 1.00 bits per heavy atom. The van der Waals surface area contributed by atoms with Gasteiger partial charge < -0.3 is 9.47 Å². The number of hydrogen-bond acceptors (Lipinski definition) is 3. The van der Waals surface area contributed by atoms with Crippen molar-refractivity contribution in [1.82, 2.24) is 0 Å². The highest BCUT2D eigenvalue weighted by atomic mass is 16.7. The van der Waals surface area contributed by atoms with Gasteiger partial charge in [-0.2, -0.15) is 0 Å². The maximum absolute atomic E-state index is 11.7. The fraction of sp³-hybridized carbons (Fsp3) is 0.857. The van der Waals surface area contributed by atoms with Gasteiger partial charge in [0, 0.05) is 0 Å². The minimum absolute atomic E-state index is 0.487. The molecular weight excluding hydrogens is 468 g/mol. The topological polar surface area (TPSA) is 35.5 Å². The molecular formula is C35H66O3. The molecule has 0 radical (unpaired) electrons. The van der Waals surface area contributed by atoms with Gasteiger partial charge in [-0.1, -0.05) is 141 Å². The van der Waals surface area contributed by atoms with Crippen molar-refractivity contribution in [2.45, 2.75) is 181 Å². The van der Waals surface area contributed by atoms with E-state index in [0.29, 0.717) is 13.2 Å². The first-order valence-corrected chi connectivity index (χ1v) is 16.9. The molecule has 0 aromatic heterocycles. The van der Waals surface area contributed by atoms with Crippen LogP contribution in [0.15, 0.2) is 24.3 Å². The average molecular weight is 535 g/mol. The van der Waals surface area contributed by atoms with Crippen molar-refractivity contribution < 1.29 is 14.3 Å². The Balaban J connectivity index is 3.22. The van der Waals surface area contributed by atoms with E-state index in [4.69, 9.17) is 9.47 Å². The van der Waals surface area contributed by atoms with Crippen LogP contribution in [0.4, 0.5) is 4.79 Å². The molecule has 224 valence electrons. The first kappa shape index (κ1) is 36.8. The molecule has 3 nitrogen and oxygen atoms in total. The highest BCUT2D eigenvalue weighted by Crippen LogP contribution is 2.11. The molecule has 0 aromatic rings. The molecule has 0 aliphatic heterocycles. The first-order chi connectivity index (χ1) is 18.8. The van der Waals surface area contributed by atoms with Gasteiger partial charge in [0.1, 0.15) is 0 Å². The predicted molar refractivity (Wildman–Crippen MR) is 167 cm³/mol. The number of hydrogen-bond donors (Lipinski definition) is 0. The molecule has 0 saturated heterocycles. The monoisotopic (exact) mass is 535 g/mol. The van der Waals surface area contributed by atoms with Crippen LogP contribution in [0.1, 0.15) is 181 Å². The normalized spacial score (nSPS) is 11.6. The molecule has 0 rings (SSSR count). The molecule has 0 aliphatic rings. The van der Waals surface area contributed by atoms with Gasteiger partial charge in [-0.15, -0.1) is 0 Å². The number of allylic oxidation sites excluding steroid dienone is 4. The van der Waals surface area contributed by atoms with E-state index in [1.807, 2.05) is 0 Å². The quantitative estimate of drug-likeness (QED) is 0.0522. The van der Waals surface area contributed by atoms with E-state index in [1.165, 1.54) is 141 Å². The summed E-state index contributed by atoms with van der Waals surface area (Å²) in [5.74, 6) is 0. The van der Waals surface area contributed by atoms with E-state index in [-0.39, 0.29) is 0 Å². The maximum Gasteiger partial charge on any atom is 0.508 e. The zero-order valence-corrected chi connectivity index (χ0v) is 25.8. The van der Waals surface area contributed by atoms with Crippen molar-refractivity contribution in [3.63, 3.8) is 0 Å². The summed E-state index contributed by atoms with van der Waals surface area (Å²) >= 11 is 0. The number of ether oxygens (including phenoxy) is 2. The lowest BCUT2D eigenvalue weighted by atomic mass is 10.1. The summed E-state index contributed by atoms with van der Waals surface area (Å²) in [6, 6.07) is 0. The third-order valence-corrected chi connectivity index (χ3v) is 7.25. The second kappa shape index (κ2) is 33.8. The third kappa shape index (κ3) is 32.8. The zero-order valence-electron chi connectivity index (χ0n) is 25.8. The Bertz CT molecular complexity index is 511. The Labute approximate surface area is 238 Å². The van der Waals surface area contributed by atoms with Crippen molar-refractivity contribution in [2.24, 2.45) is 0 Å². The number of rotatable bonds is 30. The van der Waals surface area contributed by atoms with Gasteiger partial charge in [-0.05, 0) is 64.2 Å². The summed E-state index contributed by atoms with van der Waals surface area (Å²) < 4.78 is 10.4. The van der Waals surface area contributed by atoms with Gasteiger partial charge >= 0.3 is 6.16 Å². The first-order valence-electron chi connectivity index (χ1n) is 16.9. The van der Waals surface area contributed by atoms with Gasteiger partial charge in [-0.25, -0.2) is 4.79 Å². The van der Waals surface area contributed by atoms with Crippen LogP contribution in [0.3, 0.4) is 0 Å². The molecule has 0 spiro atoms. The lowest BCUT2D eigenvalue weighted by Gasteiger charge is -2.06. The van der Waals surface area contributed by atoms with Crippen LogP contribution >= 0.6 is 0 Å². The van der Waals surface area contributed by atoms with Crippen LogP contribution in [-0.4, -0.2) is 19.4 Å². The molecule has 0 bridgehead atoms. The van der Waals surface area contributed by atoms with Gasteiger partial charge in [0.15, 0.2) is 0 Å². The van der Waals surface area contributed by atoms with Gasteiger partial charge in [0.2, 0.25) is 0 Å². The summed E-state index contributed by atoms with van der Waals surface area (Å²) in [7, 11) is 0. The molecule has 0 aliphatic carbocycles. The minimum atomic E-state index is -0.487. The average Bonchev–Trinajstić information content (AvgIpc) is 2.92. The lowest BCUT2D eigenvalue weighted by molar-refractivity contribution is 0.0529. The van der Waals surface area contributed by atoms with Crippen LogP contribution < -0.4 is 0 Å². The van der Waals surface area contributed by atoms with Crippen molar-refractivity contribution in [3.8, 4) is 0 Å². The Hall–Kier alpha value is -1.25. The van der Waals surface area contributed by atoms with Crippen LogP contribution in [-0.2, 0) is 9.47 Å². The summed E-state index contributed by atoms with van der Waals surface area (Å²) in [6.45, 7) is 5.52. The number of unbranched alkanes of at least 4 members (excludes halogenated alkanes) is 22. The SMILES string of the molecule is CCCCCC/C=C\CCCCCCCCOC(=O)OCCCCCCCC/C=C\CCCCCCCC. The number of carbonyl (C=O) groups is 1. The fourth-order valence-corrected chi connectivity index (χ4v) is 4.70. The van der Waals surface area contributed by atoms with Crippen LogP contribution in [0.25, 0.3) is 0 Å². The predicted octanol–water partition coefficient (Wildman–Crippen LogP) is 12.4. The van der Waals surface area contributed by atoms with Crippen molar-refractivity contribution in [1.29, 1.82) is 0 Å². The Morgan fingerprint density at radius 1 is 0.395 bits per heavy atom. The lowest BCUT2D eigenvalue weighted by Crippen LogP contribution is -2.09. The zero-order chi connectivity index (χ0) is 27.6. The van der Waals surface area contributed by atoms with E-state index in [9.17, 15) is 4.79 Å². The largest absolute Gasteiger partial charge is 0.508 e. The highest BCUT2D eigenvalue weighted by Gasteiger charge is 2.03. The maximum atomic E-state index is 11.7. The van der Waals surface area contributed by atoms with Crippen molar-refractivity contribution in [2.75, 3.05) is 13.2 Å². The van der Waals surface area contributed by atoms with Gasteiger partial charge in [0.05, 0.1) is 13.2 Å². The Kier molecular flexibility index (Phi) is 32.7. The summed E-state index contributed by atoms with van der Waals surface area (Å²) in [6.07, 6.45) is 42.1.